The van der Waals surface area contributed by atoms with Gasteiger partial charge in [-0.2, -0.15) is 0 Å². The molecule has 1 atom stereocenters. The van der Waals surface area contributed by atoms with Gasteiger partial charge in [0.05, 0.1) is 7.11 Å². The summed E-state index contributed by atoms with van der Waals surface area (Å²) in [7, 11) is 1.38. The van der Waals surface area contributed by atoms with Crippen molar-refractivity contribution in [2.24, 2.45) is 0 Å². The fourth-order valence-electron chi connectivity index (χ4n) is 2.64. The summed E-state index contributed by atoms with van der Waals surface area (Å²) in [5, 5.41) is 3.17. The predicted octanol–water partition coefficient (Wildman–Crippen LogP) is 2.26. The number of hydrogen-bond acceptors (Lipinski definition) is 4. The van der Waals surface area contributed by atoms with Crippen LogP contribution >= 0.6 is 0 Å². The van der Waals surface area contributed by atoms with Crippen molar-refractivity contribution in [3.05, 3.63) is 30.1 Å². The highest BCUT2D eigenvalue weighted by Gasteiger charge is 2.46. The van der Waals surface area contributed by atoms with Gasteiger partial charge in [-0.1, -0.05) is 6.07 Å². The summed E-state index contributed by atoms with van der Waals surface area (Å²) >= 11 is 0. The van der Waals surface area contributed by atoms with Crippen molar-refractivity contribution in [2.75, 3.05) is 25.5 Å². The minimum atomic E-state index is -0.799. The number of nitrogens with zero attached hydrogens (tertiary/aromatic N) is 1. The van der Waals surface area contributed by atoms with Crippen LogP contribution in [0.3, 0.4) is 0 Å². The first-order valence-electron chi connectivity index (χ1n) is 6.83. The number of methoxy groups -OCH3 is 1. The zero-order valence-electron chi connectivity index (χ0n) is 12.1. The smallest absolute Gasteiger partial charge is 0.332 e. The Hall–Kier alpha value is -1.62. The van der Waals surface area contributed by atoms with E-state index in [0.29, 0.717) is 24.7 Å². The maximum absolute atomic E-state index is 13.3. The first kappa shape index (κ1) is 14.8. The highest BCUT2D eigenvalue weighted by atomic mass is 19.1. The number of esters is 1. The largest absolute Gasteiger partial charge is 0.467 e. The fraction of sp³-hybridized carbons (Fsp3) is 0.533. The SMILES string of the molecule is COC(=O)C1(Nc2cccc(F)c2)CCN(C(C)C)C1. The van der Waals surface area contributed by atoms with Gasteiger partial charge in [-0.05, 0) is 38.5 Å². The van der Waals surface area contributed by atoms with Gasteiger partial charge >= 0.3 is 5.97 Å². The Balaban J connectivity index is 2.23. The van der Waals surface area contributed by atoms with E-state index in [1.54, 1.807) is 12.1 Å². The third-order valence-electron chi connectivity index (χ3n) is 3.81. The Labute approximate surface area is 118 Å². The number of carbonyl (C=O) groups excluding carboxylic acids is 1. The van der Waals surface area contributed by atoms with E-state index in [-0.39, 0.29) is 11.8 Å². The van der Waals surface area contributed by atoms with E-state index < -0.39 is 5.54 Å². The summed E-state index contributed by atoms with van der Waals surface area (Å²) in [6.45, 7) is 5.56. The normalized spacial score (nSPS) is 23.1. The molecule has 1 heterocycles. The number of hydrogen-bond donors (Lipinski definition) is 1. The number of likely N-dealkylation sites (tertiary alicyclic amines) is 1. The zero-order chi connectivity index (χ0) is 14.8. The molecule has 2 rings (SSSR count). The van der Waals surface area contributed by atoms with Crippen molar-refractivity contribution in [1.29, 1.82) is 0 Å². The van der Waals surface area contributed by atoms with Crippen LogP contribution < -0.4 is 5.32 Å². The molecule has 1 aromatic rings. The van der Waals surface area contributed by atoms with Gasteiger partial charge < -0.3 is 10.1 Å². The zero-order valence-corrected chi connectivity index (χ0v) is 12.1. The Morgan fingerprint density at radius 2 is 2.25 bits per heavy atom. The van der Waals surface area contributed by atoms with E-state index >= 15 is 0 Å². The second-order valence-electron chi connectivity index (χ2n) is 5.52. The molecule has 1 unspecified atom stereocenters. The molecule has 0 bridgehead atoms. The van der Waals surface area contributed by atoms with Gasteiger partial charge in [-0.15, -0.1) is 0 Å². The molecule has 0 spiro atoms. The molecule has 0 aromatic heterocycles. The Morgan fingerprint density at radius 3 is 2.80 bits per heavy atom. The number of ether oxygens (including phenoxy) is 1. The van der Waals surface area contributed by atoms with Crippen LogP contribution in [-0.4, -0.2) is 42.6 Å². The quantitative estimate of drug-likeness (QED) is 0.859. The Bertz CT molecular complexity index is 493. The third-order valence-corrected chi connectivity index (χ3v) is 3.81. The van der Waals surface area contributed by atoms with Crippen molar-refractivity contribution in [1.82, 2.24) is 4.90 Å². The van der Waals surface area contributed by atoms with Crippen molar-refractivity contribution in [3.8, 4) is 0 Å². The van der Waals surface area contributed by atoms with Crippen LogP contribution in [0, 0.1) is 5.82 Å². The van der Waals surface area contributed by atoms with E-state index in [1.165, 1.54) is 19.2 Å². The maximum atomic E-state index is 13.3. The van der Waals surface area contributed by atoms with E-state index in [2.05, 4.69) is 24.1 Å². The molecule has 0 aliphatic carbocycles. The summed E-state index contributed by atoms with van der Waals surface area (Å²) in [4.78, 5) is 14.4. The summed E-state index contributed by atoms with van der Waals surface area (Å²) in [5.41, 5.74) is -0.201. The van der Waals surface area contributed by atoms with Gasteiger partial charge in [0.25, 0.3) is 0 Å². The molecule has 5 heteroatoms. The van der Waals surface area contributed by atoms with Gasteiger partial charge in [0, 0.05) is 24.8 Å². The topological polar surface area (TPSA) is 41.6 Å². The van der Waals surface area contributed by atoms with Gasteiger partial charge in [0.1, 0.15) is 11.4 Å². The summed E-state index contributed by atoms with van der Waals surface area (Å²) in [6, 6.07) is 6.51. The highest BCUT2D eigenvalue weighted by molar-refractivity contribution is 5.85. The lowest BCUT2D eigenvalue weighted by Gasteiger charge is -2.30. The van der Waals surface area contributed by atoms with Crippen LogP contribution in [0.1, 0.15) is 20.3 Å². The van der Waals surface area contributed by atoms with Crippen LogP contribution in [-0.2, 0) is 9.53 Å². The average Bonchev–Trinajstić information content (AvgIpc) is 2.83. The molecular weight excluding hydrogens is 259 g/mol. The number of nitrogens with one attached hydrogen (secondary N) is 1. The minimum absolute atomic E-state index is 0.301. The lowest BCUT2D eigenvalue weighted by Crippen LogP contribution is -2.50. The average molecular weight is 280 g/mol. The number of benzene rings is 1. The van der Waals surface area contributed by atoms with E-state index in [9.17, 15) is 9.18 Å². The van der Waals surface area contributed by atoms with Crippen molar-refractivity contribution in [2.45, 2.75) is 31.8 Å². The lowest BCUT2D eigenvalue weighted by molar-refractivity contribution is -0.145. The van der Waals surface area contributed by atoms with Crippen LogP contribution in [0.2, 0.25) is 0 Å². The molecule has 0 radical (unpaired) electrons. The molecule has 0 saturated carbocycles. The van der Waals surface area contributed by atoms with Gasteiger partial charge in [0.15, 0.2) is 0 Å². The number of anilines is 1. The molecule has 4 nitrogen and oxygen atoms in total. The number of halogens is 1. The molecule has 1 saturated heterocycles. The molecule has 20 heavy (non-hydrogen) atoms. The van der Waals surface area contributed by atoms with E-state index in [1.807, 2.05) is 0 Å². The summed E-state index contributed by atoms with van der Waals surface area (Å²) < 4.78 is 18.2. The van der Waals surface area contributed by atoms with Gasteiger partial charge in [-0.25, -0.2) is 9.18 Å². The van der Waals surface area contributed by atoms with Gasteiger partial charge in [-0.3, -0.25) is 4.90 Å². The molecule has 0 amide bonds. The first-order valence-corrected chi connectivity index (χ1v) is 6.83. The molecule has 1 aliphatic rings. The maximum Gasteiger partial charge on any atom is 0.332 e. The Kier molecular flexibility index (Phi) is 4.28. The molecule has 1 fully saturated rings. The predicted molar refractivity (Wildman–Crippen MR) is 76.1 cm³/mol. The highest BCUT2D eigenvalue weighted by Crippen LogP contribution is 2.29. The third kappa shape index (κ3) is 2.93. The summed E-state index contributed by atoms with van der Waals surface area (Å²) in [6.07, 6.45) is 0.647. The van der Waals surface area contributed by atoms with Gasteiger partial charge in [0.2, 0.25) is 0 Å². The van der Waals surface area contributed by atoms with Crippen LogP contribution in [0.15, 0.2) is 24.3 Å². The number of rotatable bonds is 4. The van der Waals surface area contributed by atoms with E-state index in [0.717, 1.165) is 6.54 Å². The van der Waals surface area contributed by atoms with Crippen LogP contribution in [0.4, 0.5) is 10.1 Å². The summed E-state index contributed by atoms with van der Waals surface area (Å²) in [5.74, 6) is -0.626. The van der Waals surface area contributed by atoms with Crippen LogP contribution in [0.5, 0.6) is 0 Å². The standard InChI is InChI=1S/C15H21FN2O2/c1-11(2)18-8-7-15(10-18,14(19)20-3)17-13-6-4-5-12(16)9-13/h4-6,9,11,17H,7-8,10H2,1-3H3. The molecule has 110 valence electrons. The molecule has 1 aromatic carbocycles. The second kappa shape index (κ2) is 5.79. The van der Waals surface area contributed by atoms with Crippen molar-refractivity contribution < 1.29 is 13.9 Å². The van der Waals surface area contributed by atoms with Crippen LogP contribution in [0.25, 0.3) is 0 Å². The van der Waals surface area contributed by atoms with Crippen molar-refractivity contribution >= 4 is 11.7 Å². The van der Waals surface area contributed by atoms with Crippen molar-refractivity contribution in [3.63, 3.8) is 0 Å². The minimum Gasteiger partial charge on any atom is -0.467 e. The monoisotopic (exact) mass is 280 g/mol. The molecule has 1 N–H and O–H groups in total. The lowest BCUT2D eigenvalue weighted by atomic mass is 9.98. The first-order chi connectivity index (χ1) is 9.47. The second-order valence-corrected chi connectivity index (χ2v) is 5.52. The molecule has 1 aliphatic heterocycles. The van der Waals surface area contributed by atoms with E-state index in [4.69, 9.17) is 4.74 Å². The fourth-order valence-corrected chi connectivity index (χ4v) is 2.64. The molecular formula is C15H21FN2O2. The number of carbonyl (C=O) groups is 1. The Morgan fingerprint density at radius 1 is 1.50 bits per heavy atom.